The number of hydrogen-bond acceptors (Lipinski definition) is 3. The van der Waals surface area contributed by atoms with Crippen molar-refractivity contribution in [1.82, 2.24) is 0 Å². The highest BCUT2D eigenvalue weighted by molar-refractivity contribution is 8.00. The Balaban J connectivity index is 1.86. The van der Waals surface area contributed by atoms with E-state index in [1.807, 2.05) is 0 Å². The fourth-order valence-electron chi connectivity index (χ4n) is 1.99. The van der Waals surface area contributed by atoms with E-state index in [0.717, 1.165) is 0 Å². The van der Waals surface area contributed by atoms with Gasteiger partial charge in [-0.25, -0.2) is 0 Å². The van der Waals surface area contributed by atoms with E-state index in [0.29, 0.717) is 11.7 Å². The molecule has 1 heterocycles. The quantitative estimate of drug-likeness (QED) is 0.587. The monoisotopic (exact) mass is 186 g/mol. The van der Waals surface area contributed by atoms with Crippen LogP contribution in [0.25, 0.3) is 0 Å². The maximum atomic E-state index is 10.9. The molecule has 2 aliphatic rings. The van der Waals surface area contributed by atoms with Crippen LogP contribution >= 0.6 is 11.8 Å². The predicted octanol–water partition coefficient (Wildman–Crippen LogP) is 2.18. The standard InChI is InChI=1S/C9H14O2S/c10-8-6-12-9(11-8)7-4-2-1-3-5-7/h7,9H,1-6H2/t9-/m1/s1. The first kappa shape index (κ1) is 8.42. The second-order valence-electron chi connectivity index (χ2n) is 3.57. The SMILES string of the molecule is O=C1CS[C@H](C2CCCCC2)O1. The lowest BCUT2D eigenvalue weighted by Gasteiger charge is -2.25. The number of carbonyl (C=O) groups excluding carboxylic acids is 1. The van der Waals surface area contributed by atoms with E-state index in [1.165, 1.54) is 32.1 Å². The van der Waals surface area contributed by atoms with Crippen LogP contribution in [0.1, 0.15) is 32.1 Å². The average molecular weight is 186 g/mol. The number of hydrogen-bond donors (Lipinski definition) is 0. The van der Waals surface area contributed by atoms with Crippen LogP contribution in [0.2, 0.25) is 0 Å². The highest BCUT2D eigenvalue weighted by atomic mass is 32.2. The summed E-state index contributed by atoms with van der Waals surface area (Å²) in [4.78, 5) is 10.9. The molecule has 1 aliphatic heterocycles. The molecule has 0 amide bonds. The molecule has 1 saturated carbocycles. The molecule has 0 unspecified atom stereocenters. The third kappa shape index (κ3) is 1.76. The molecule has 2 fully saturated rings. The predicted molar refractivity (Wildman–Crippen MR) is 48.9 cm³/mol. The maximum absolute atomic E-state index is 10.9. The lowest BCUT2D eigenvalue weighted by atomic mass is 9.90. The van der Waals surface area contributed by atoms with Gasteiger partial charge >= 0.3 is 5.97 Å². The summed E-state index contributed by atoms with van der Waals surface area (Å²) in [6.07, 6.45) is 6.51. The summed E-state index contributed by atoms with van der Waals surface area (Å²) in [5.74, 6) is 1.20. The number of thioether (sulfide) groups is 1. The number of carbonyl (C=O) groups is 1. The van der Waals surface area contributed by atoms with Crippen molar-refractivity contribution in [2.24, 2.45) is 5.92 Å². The van der Waals surface area contributed by atoms with Crippen LogP contribution in [0, 0.1) is 5.92 Å². The molecule has 0 spiro atoms. The molecule has 0 bridgehead atoms. The molecular weight excluding hydrogens is 172 g/mol. The van der Waals surface area contributed by atoms with Gasteiger partial charge < -0.3 is 4.74 Å². The van der Waals surface area contributed by atoms with E-state index in [2.05, 4.69) is 0 Å². The summed E-state index contributed by atoms with van der Waals surface area (Å²) in [6, 6.07) is 0. The van der Waals surface area contributed by atoms with E-state index >= 15 is 0 Å². The van der Waals surface area contributed by atoms with Crippen LogP contribution in [0.5, 0.6) is 0 Å². The van der Waals surface area contributed by atoms with Crippen molar-refractivity contribution in [3.63, 3.8) is 0 Å². The molecule has 2 rings (SSSR count). The second-order valence-corrected chi connectivity index (χ2v) is 4.65. The van der Waals surface area contributed by atoms with Gasteiger partial charge in [0, 0.05) is 5.92 Å². The largest absolute Gasteiger partial charge is 0.450 e. The van der Waals surface area contributed by atoms with Crippen LogP contribution in [-0.4, -0.2) is 17.2 Å². The molecular formula is C9H14O2S. The summed E-state index contributed by atoms with van der Waals surface area (Å²) in [5.41, 5.74) is 0.192. The Kier molecular flexibility index (Phi) is 2.59. The Bertz CT molecular complexity index is 175. The minimum Gasteiger partial charge on any atom is -0.450 e. The Labute approximate surface area is 77.0 Å². The average Bonchev–Trinajstić information content (AvgIpc) is 2.54. The van der Waals surface area contributed by atoms with Crippen LogP contribution in [0.4, 0.5) is 0 Å². The van der Waals surface area contributed by atoms with Gasteiger partial charge in [0.25, 0.3) is 0 Å². The lowest BCUT2D eigenvalue weighted by molar-refractivity contribution is -0.141. The Morgan fingerprint density at radius 1 is 1.25 bits per heavy atom. The third-order valence-electron chi connectivity index (χ3n) is 2.65. The molecule has 0 aromatic rings. The molecule has 1 atom stereocenters. The Morgan fingerprint density at radius 3 is 2.58 bits per heavy atom. The fraction of sp³-hybridized carbons (Fsp3) is 0.889. The van der Waals surface area contributed by atoms with E-state index in [-0.39, 0.29) is 11.4 Å². The van der Waals surface area contributed by atoms with Crippen molar-refractivity contribution in [2.75, 3.05) is 5.75 Å². The molecule has 0 radical (unpaired) electrons. The number of esters is 1. The molecule has 2 nitrogen and oxygen atoms in total. The van der Waals surface area contributed by atoms with Gasteiger partial charge in [-0.05, 0) is 12.8 Å². The first-order chi connectivity index (χ1) is 5.86. The smallest absolute Gasteiger partial charge is 0.317 e. The normalized spacial score (nSPS) is 32.0. The van der Waals surface area contributed by atoms with Crippen molar-refractivity contribution in [2.45, 2.75) is 37.5 Å². The summed E-state index contributed by atoms with van der Waals surface area (Å²) in [7, 11) is 0. The summed E-state index contributed by atoms with van der Waals surface area (Å²) in [5, 5.41) is 0. The second kappa shape index (κ2) is 3.69. The zero-order valence-electron chi connectivity index (χ0n) is 7.12. The van der Waals surface area contributed by atoms with Crippen molar-refractivity contribution in [3.8, 4) is 0 Å². The summed E-state index contributed by atoms with van der Waals surface area (Å²) in [6.45, 7) is 0. The van der Waals surface area contributed by atoms with Crippen molar-refractivity contribution < 1.29 is 9.53 Å². The zero-order chi connectivity index (χ0) is 8.39. The van der Waals surface area contributed by atoms with Crippen LogP contribution in [0.3, 0.4) is 0 Å². The molecule has 68 valence electrons. The van der Waals surface area contributed by atoms with Crippen LogP contribution in [-0.2, 0) is 9.53 Å². The summed E-state index contributed by atoms with van der Waals surface area (Å²) < 4.78 is 5.22. The fourth-order valence-corrected chi connectivity index (χ4v) is 3.07. The van der Waals surface area contributed by atoms with Gasteiger partial charge in [0.1, 0.15) is 0 Å². The Morgan fingerprint density at radius 2 is 2.00 bits per heavy atom. The van der Waals surface area contributed by atoms with Crippen molar-refractivity contribution in [1.29, 1.82) is 0 Å². The van der Waals surface area contributed by atoms with E-state index in [1.54, 1.807) is 11.8 Å². The number of ether oxygens (including phenoxy) is 1. The number of cyclic esters (lactones) is 1. The molecule has 0 aromatic carbocycles. The molecule has 1 aliphatic carbocycles. The summed E-state index contributed by atoms with van der Waals surface area (Å²) >= 11 is 1.69. The zero-order valence-corrected chi connectivity index (χ0v) is 7.94. The third-order valence-corrected chi connectivity index (χ3v) is 3.86. The van der Waals surface area contributed by atoms with Gasteiger partial charge in [0.15, 0.2) is 5.44 Å². The first-order valence-corrected chi connectivity index (χ1v) is 5.72. The minimum atomic E-state index is -0.0180. The highest BCUT2D eigenvalue weighted by Crippen LogP contribution is 2.36. The molecule has 0 aromatic heterocycles. The van der Waals surface area contributed by atoms with Crippen molar-refractivity contribution in [3.05, 3.63) is 0 Å². The number of rotatable bonds is 1. The molecule has 0 N–H and O–H groups in total. The van der Waals surface area contributed by atoms with E-state index in [4.69, 9.17) is 4.74 Å². The van der Waals surface area contributed by atoms with E-state index in [9.17, 15) is 4.79 Å². The topological polar surface area (TPSA) is 26.3 Å². The van der Waals surface area contributed by atoms with Gasteiger partial charge in [-0.1, -0.05) is 19.3 Å². The van der Waals surface area contributed by atoms with Gasteiger partial charge in [0.2, 0.25) is 0 Å². The van der Waals surface area contributed by atoms with Gasteiger partial charge in [-0.2, -0.15) is 0 Å². The molecule has 1 saturated heterocycles. The van der Waals surface area contributed by atoms with Gasteiger partial charge in [-0.3, -0.25) is 4.79 Å². The first-order valence-electron chi connectivity index (χ1n) is 4.67. The Hall–Kier alpha value is -0.180. The highest BCUT2D eigenvalue weighted by Gasteiger charge is 2.32. The van der Waals surface area contributed by atoms with Gasteiger partial charge in [-0.15, -0.1) is 11.8 Å². The van der Waals surface area contributed by atoms with Gasteiger partial charge in [0.05, 0.1) is 5.75 Å². The molecule has 3 heteroatoms. The van der Waals surface area contributed by atoms with Crippen LogP contribution < -0.4 is 0 Å². The van der Waals surface area contributed by atoms with Crippen LogP contribution in [0.15, 0.2) is 0 Å². The molecule has 12 heavy (non-hydrogen) atoms. The lowest BCUT2D eigenvalue weighted by Crippen LogP contribution is -2.20. The minimum absolute atomic E-state index is 0.0180. The van der Waals surface area contributed by atoms with E-state index < -0.39 is 0 Å². The maximum Gasteiger partial charge on any atom is 0.317 e. The van der Waals surface area contributed by atoms with Crippen molar-refractivity contribution >= 4 is 17.7 Å².